The van der Waals surface area contributed by atoms with Gasteiger partial charge in [0, 0.05) is 0 Å². The van der Waals surface area contributed by atoms with E-state index in [1.807, 2.05) is 60.7 Å². The lowest BCUT2D eigenvalue weighted by atomic mass is 10.2. The highest BCUT2D eigenvalue weighted by atomic mass is 16.6. The maximum Gasteiger partial charge on any atom is 0.342 e. The van der Waals surface area contributed by atoms with Crippen LogP contribution in [0.2, 0.25) is 0 Å². The van der Waals surface area contributed by atoms with Gasteiger partial charge >= 0.3 is 5.97 Å². The molecule has 5 nitrogen and oxygen atoms in total. The lowest BCUT2D eigenvalue weighted by Gasteiger charge is -2.12. The molecule has 5 heteroatoms. The first-order valence-electron chi connectivity index (χ1n) is 7.68. The second-order valence-corrected chi connectivity index (χ2v) is 5.06. The molecule has 2 aromatic rings. The first-order chi connectivity index (χ1) is 11.8. The van der Waals surface area contributed by atoms with E-state index in [2.05, 4.69) is 0 Å². The Morgan fingerprint density at radius 1 is 0.875 bits per heavy atom. The minimum Gasteiger partial charge on any atom is -0.461 e. The number of ether oxygens (including phenoxy) is 3. The van der Waals surface area contributed by atoms with Crippen LogP contribution in [0.4, 0.5) is 0 Å². The van der Waals surface area contributed by atoms with Gasteiger partial charge in [-0.15, -0.1) is 0 Å². The van der Waals surface area contributed by atoms with Crippen LogP contribution in [0.25, 0.3) is 0 Å². The van der Waals surface area contributed by atoms with E-state index in [9.17, 15) is 9.59 Å². The zero-order valence-electron chi connectivity index (χ0n) is 13.3. The molecule has 0 radical (unpaired) electrons. The third-order valence-electron chi connectivity index (χ3n) is 3.21. The molecule has 1 atom stereocenters. The van der Waals surface area contributed by atoms with Crippen LogP contribution in [0.1, 0.15) is 11.1 Å². The van der Waals surface area contributed by atoms with Crippen molar-refractivity contribution in [1.82, 2.24) is 0 Å². The van der Waals surface area contributed by atoms with Gasteiger partial charge in [0.05, 0.1) is 19.8 Å². The summed E-state index contributed by atoms with van der Waals surface area (Å²) in [5, 5.41) is 0. The molecule has 0 aliphatic heterocycles. The van der Waals surface area contributed by atoms with Crippen molar-refractivity contribution in [3.05, 3.63) is 71.8 Å². The van der Waals surface area contributed by atoms with Crippen LogP contribution in [0, 0.1) is 0 Å². The summed E-state index contributed by atoms with van der Waals surface area (Å²) in [6.07, 6.45) is -0.782. The fourth-order valence-electron chi connectivity index (χ4n) is 1.97. The van der Waals surface area contributed by atoms with Gasteiger partial charge in [-0.05, 0) is 11.1 Å². The van der Waals surface area contributed by atoms with Gasteiger partial charge < -0.3 is 14.2 Å². The fourth-order valence-corrected chi connectivity index (χ4v) is 1.97. The average molecular weight is 328 g/mol. The van der Waals surface area contributed by atoms with Crippen LogP contribution in [0.3, 0.4) is 0 Å². The monoisotopic (exact) mass is 328 g/mol. The van der Waals surface area contributed by atoms with Crippen molar-refractivity contribution < 1.29 is 23.8 Å². The Morgan fingerprint density at radius 3 is 2.04 bits per heavy atom. The van der Waals surface area contributed by atoms with Crippen molar-refractivity contribution in [1.29, 1.82) is 0 Å². The number of aldehydes is 1. The first kappa shape index (κ1) is 17.8. The number of hydrogen-bond acceptors (Lipinski definition) is 5. The van der Waals surface area contributed by atoms with Gasteiger partial charge in [0.1, 0.15) is 6.61 Å². The van der Waals surface area contributed by atoms with Crippen molar-refractivity contribution in [2.24, 2.45) is 0 Å². The molecule has 2 aromatic carbocycles. The molecular weight excluding hydrogens is 308 g/mol. The highest BCUT2D eigenvalue weighted by molar-refractivity contribution is 5.90. The molecule has 0 aromatic heterocycles. The maximum atomic E-state index is 11.8. The molecule has 0 spiro atoms. The molecule has 0 heterocycles. The number of esters is 1. The molecular formula is C19H20O5. The topological polar surface area (TPSA) is 61.8 Å². The van der Waals surface area contributed by atoms with Crippen molar-refractivity contribution >= 4 is 12.3 Å². The Hall–Kier alpha value is -2.50. The number of hydrogen-bond donors (Lipinski definition) is 0. The number of rotatable bonds is 10. The van der Waals surface area contributed by atoms with E-state index in [0.29, 0.717) is 12.9 Å². The highest BCUT2D eigenvalue weighted by Crippen LogP contribution is 2.04. The van der Waals surface area contributed by atoms with Gasteiger partial charge in [0.25, 0.3) is 0 Å². The smallest absolute Gasteiger partial charge is 0.342 e. The van der Waals surface area contributed by atoms with E-state index in [4.69, 9.17) is 14.2 Å². The van der Waals surface area contributed by atoms with Crippen LogP contribution in [-0.2, 0) is 37.0 Å². The minimum absolute atomic E-state index is 0.0741. The van der Waals surface area contributed by atoms with E-state index in [0.717, 1.165) is 11.1 Å². The fraction of sp³-hybridized carbons (Fsp3) is 0.263. The molecule has 24 heavy (non-hydrogen) atoms. The average Bonchev–Trinajstić information content (AvgIpc) is 2.63. The standard InChI is InChI=1S/C19H20O5/c20-13-18(24-15-17-9-5-2-6-10-17)19(21)23-12-11-22-14-16-7-3-1-4-8-16/h1-10,13,18H,11-12,14-15H2. The molecule has 0 saturated heterocycles. The largest absolute Gasteiger partial charge is 0.461 e. The van der Waals surface area contributed by atoms with Gasteiger partial charge in [0.15, 0.2) is 6.29 Å². The van der Waals surface area contributed by atoms with E-state index >= 15 is 0 Å². The molecule has 0 saturated carbocycles. The molecule has 0 bridgehead atoms. The number of carbonyl (C=O) groups is 2. The Balaban J connectivity index is 1.63. The van der Waals surface area contributed by atoms with Crippen molar-refractivity contribution in [3.63, 3.8) is 0 Å². The molecule has 2 rings (SSSR count). The van der Waals surface area contributed by atoms with Crippen LogP contribution >= 0.6 is 0 Å². The predicted molar refractivity (Wildman–Crippen MR) is 88.1 cm³/mol. The van der Waals surface area contributed by atoms with Crippen molar-refractivity contribution in [2.75, 3.05) is 13.2 Å². The van der Waals surface area contributed by atoms with Gasteiger partial charge in [-0.25, -0.2) is 4.79 Å². The number of benzene rings is 2. The van der Waals surface area contributed by atoms with E-state index in [-0.39, 0.29) is 19.8 Å². The Labute approximate surface area is 141 Å². The first-order valence-corrected chi connectivity index (χ1v) is 7.68. The lowest BCUT2D eigenvalue weighted by Crippen LogP contribution is -2.29. The predicted octanol–water partition coefficient (Wildman–Crippen LogP) is 2.53. The van der Waals surface area contributed by atoms with Crippen LogP contribution in [0.5, 0.6) is 0 Å². The lowest BCUT2D eigenvalue weighted by molar-refractivity contribution is -0.160. The quantitative estimate of drug-likeness (QED) is 0.290. The molecule has 0 aliphatic carbocycles. The maximum absolute atomic E-state index is 11.8. The third-order valence-corrected chi connectivity index (χ3v) is 3.21. The summed E-state index contributed by atoms with van der Waals surface area (Å²) in [5.41, 5.74) is 1.92. The second kappa shape index (κ2) is 10.3. The van der Waals surface area contributed by atoms with Crippen LogP contribution < -0.4 is 0 Å². The van der Waals surface area contributed by atoms with Gasteiger partial charge in [-0.1, -0.05) is 60.7 Å². The molecule has 126 valence electrons. The summed E-state index contributed by atoms with van der Waals surface area (Å²) in [5.74, 6) is -0.704. The van der Waals surface area contributed by atoms with E-state index < -0.39 is 12.1 Å². The van der Waals surface area contributed by atoms with Crippen molar-refractivity contribution in [2.45, 2.75) is 19.3 Å². The summed E-state index contributed by atoms with van der Waals surface area (Å²) < 4.78 is 15.7. The second-order valence-electron chi connectivity index (χ2n) is 5.06. The van der Waals surface area contributed by atoms with E-state index in [1.165, 1.54) is 0 Å². The zero-order valence-corrected chi connectivity index (χ0v) is 13.3. The molecule has 0 aliphatic rings. The Morgan fingerprint density at radius 2 is 1.46 bits per heavy atom. The summed E-state index contributed by atoms with van der Waals surface area (Å²) in [7, 11) is 0. The summed E-state index contributed by atoms with van der Waals surface area (Å²) in [6.45, 7) is 0.944. The van der Waals surface area contributed by atoms with Crippen LogP contribution in [-0.4, -0.2) is 31.6 Å². The number of carbonyl (C=O) groups excluding carboxylic acids is 2. The SMILES string of the molecule is O=CC(OCc1ccccc1)C(=O)OCCOCc1ccccc1. The zero-order chi connectivity index (χ0) is 17.0. The summed E-state index contributed by atoms with van der Waals surface area (Å²) in [6, 6.07) is 19.0. The molecule has 0 amide bonds. The molecule has 0 fully saturated rings. The van der Waals surface area contributed by atoms with E-state index in [1.54, 1.807) is 0 Å². The molecule has 0 N–H and O–H groups in total. The summed E-state index contributed by atoms with van der Waals surface area (Å²) >= 11 is 0. The molecule has 1 unspecified atom stereocenters. The Bertz CT molecular complexity index is 612. The normalized spacial score (nSPS) is 11.7. The van der Waals surface area contributed by atoms with Gasteiger partial charge in [-0.3, -0.25) is 4.79 Å². The highest BCUT2D eigenvalue weighted by Gasteiger charge is 2.19. The third kappa shape index (κ3) is 6.32. The summed E-state index contributed by atoms with van der Waals surface area (Å²) in [4.78, 5) is 22.8. The Kier molecular flexibility index (Phi) is 7.67. The minimum atomic E-state index is -1.22. The van der Waals surface area contributed by atoms with Gasteiger partial charge in [-0.2, -0.15) is 0 Å². The van der Waals surface area contributed by atoms with Crippen LogP contribution in [0.15, 0.2) is 60.7 Å². The van der Waals surface area contributed by atoms with Gasteiger partial charge in [0.2, 0.25) is 6.10 Å². The van der Waals surface area contributed by atoms with Crippen molar-refractivity contribution in [3.8, 4) is 0 Å².